The lowest BCUT2D eigenvalue weighted by molar-refractivity contribution is 1.04. The van der Waals surface area contributed by atoms with Gasteiger partial charge in [-0.1, -0.05) is 0 Å². The highest BCUT2D eigenvalue weighted by Gasteiger charge is 2.05. The normalized spacial score (nSPS) is 10.0. The SMILES string of the molecule is Cc1cc(NN)nc(-c2ncccn2)n1. The number of hydrogen-bond acceptors (Lipinski definition) is 6. The standard InChI is InChI=1S/C9H10N6/c1-6-5-7(15-10)14-9(13-6)8-11-3-2-4-12-8/h2-5H,10H2,1H3,(H,13,14,15). The molecule has 0 radical (unpaired) electrons. The van der Waals surface area contributed by atoms with Crippen LogP contribution in [-0.4, -0.2) is 19.9 Å². The third-order valence-electron chi connectivity index (χ3n) is 1.77. The number of nitrogen functional groups attached to an aromatic ring is 1. The van der Waals surface area contributed by atoms with Crippen LogP contribution in [0.1, 0.15) is 5.69 Å². The Bertz CT molecular complexity index is 455. The summed E-state index contributed by atoms with van der Waals surface area (Å²) in [6, 6.07) is 3.48. The van der Waals surface area contributed by atoms with Gasteiger partial charge in [-0.05, 0) is 13.0 Å². The molecule has 15 heavy (non-hydrogen) atoms. The molecule has 0 bridgehead atoms. The van der Waals surface area contributed by atoms with Crippen LogP contribution >= 0.6 is 0 Å². The van der Waals surface area contributed by atoms with E-state index in [0.29, 0.717) is 17.5 Å². The molecule has 6 nitrogen and oxygen atoms in total. The van der Waals surface area contributed by atoms with Crippen LogP contribution in [0.25, 0.3) is 11.6 Å². The van der Waals surface area contributed by atoms with Gasteiger partial charge in [0.05, 0.1) is 0 Å². The summed E-state index contributed by atoms with van der Waals surface area (Å²) in [7, 11) is 0. The van der Waals surface area contributed by atoms with Crippen molar-refractivity contribution in [3.05, 3.63) is 30.2 Å². The zero-order chi connectivity index (χ0) is 10.7. The predicted molar refractivity (Wildman–Crippen MR) is 55.6 cm³/mol. The number of nitrogens with one attached hydrogen (secondary N) is 1. The minimum atomic E-state index is 0.462. The van der Waals surface area contributed by atoms with Crippen molar-refractivity contribution in [3.63, 3.8) is 0 Å². The first-order valence-corrected chi connectivity index (χ1v) is 4.39. The van der Waals surface area contributed by atoms with Gasteiger partial charge in [-0.25, -0.2) is 25.8 Å². The smallest absolute Gasteiger partial charge is 0.199 e. The highest BCUT2D eigenvalue weighted by atomic mass is 15.3. The third kappa shape index (κ3) is 2.05. The van der Waals surface area contributed by atoms with Gasteiger partial charge in [0.1, 0.15) is 5.82 Å². The zero-order valence-electron chi connectivity index (χ0n) is 8.18. The molecule has 0 fully saturated rings. The molecule has 2 aromatic heterocycles. The van der Waals surface area contributed by atoms with E-state index in [1.54, 1.807) is 24.5 Å². The molecule has 2 aromatic rings. The second-order valence-electron chi connectivity index (χ2n) is 2.93. The van der Waals surface area contributed by atoms with Crippen molar-refractivity contribution in [2.24, 2.45) is 5.84 Å². The van der Waals surface area contributed by atoms with Crippen LogP contribution < -0.4 is 11.3 Å². The van der Waals surface area contributed by atoms with Gasteiger partial charge in [-0.15, -0.1) is 0 Å². The predicted octanol–water partition coefficient (Wildman–Crippen LogP) is 0.528. The molecule has 76 valence electrons. The van der Waals surface area contributed by atoms with Crippen LogP contribution in [0.5, 0.6) is 0 Å². The monoisotopic (exact) mass is 202 g/mol. The number of hydrazine groups is 1. The molecule has 2 rings (SSSR count). The minimum Gasteiger partial charge on any atom is -0.308 e. The minimum absolute atomic E-state index is 0.462. The van der Waals surface area contributed by atoms with Gasteiger partial charge in [-0.2, -0.15) is 0 Å². The van der Waals surface area contributed by atoms with Gasteiger partial charge in [-0.3, -0.25) is 0 Å². The van der Waals surface area contributed by atoms with E-state index >= 15 is 0 Å². The zero-order valence-corrected chi connectivity index (χ0v) is 8.18. The maximum absolute atomic E-state index is 5.28. The fraction of sp³-hybridized carbons (Fsp3) is 0.111. The molecular formula is C9H10N6. The van der Waals surface area contributed by atoms with E-state index in [9.17, 15) is 0 Å². The molecule has 0 saturated heterocycles. The molecule has 0 saturated carbocycles. The average Bonchev–Trinajstić information content (AvgIpc) is 2.29. The Morgan fingerprint density at radius 2 is 1.87 bits per heavy atom. The fourth-order valence-corrected chi connectivity index (χ4v) is 1.16. The molecule has 0 spiro atoms. The Labute approximate surface area is 86.6 Å². The molecule has 0 atom stereocenters. The highest BCUT2D eigenvalue weighted by Crippen LogP contribution is 2.12. The van der Waals surface area contributed by atoms with Crippen LogP contribution in [0, 0.1) is 6.92 Å². The van der Waals surface area contributed by atoms with Crippen molar-refractivity contribution in [2.45, 2.75) is 6.92 Å². The van der Waals surface area contributed by atoms with E-state index in [4.69, 9.17) is 5.84 Å². The highest BCUT2D eigenvalue weighted by molar-refractivity contribution is 5.48. The Kier molecular flexibility index (Phi) is 2.51. The number of hydrogen-bond donors (Lipinski definition) is 2. The molecule has 3 N–H and O–H groups in total. The van der Waals surface area contributed by atoms with Crippen LogP contribution in [0.2, 0.25) is 0 Å². The van der Waals surface area contributed by atoms with Crippen molar-refractivity contribution in [1.82, 2.24) is 19.9 Å². The number of anilines is 1. The average molecular weight is 202 g/mol. The molecule has 0 aliphatic heterocycles. The van der Waals surface area contributed by atoms with Crippen LogP contribution in [0.15, 0.2) is 24.5 Å². The number of aryl methyl sites for hydroxylation is 1. The number of rotatable bonds is 2. The number of aromatic nitrogens is 4. The summed E-state index contributed by atoms with van der Waals surface area (Å²) in [6.45, 7) is 1.86. The Morgan fingerprint density at radius 3 is 2.53 bits per heavy atom. The van der Waals surface area contributed by atoms with Gasteiger partial charge in [0.25, 0.3) is 0 Å². The van der Waals surface area contributed by atoms with Crippen LogP contribution in [0.3, 0.4) is 0 Å². The number of nitrogens with two attached hydrogens (primary N) is 1. The van der Waals surface area contributed by atoms with Gasteiger partial charge >= 0.3 is 0 Å². The Hall–Kier alpha value is -2.08. The Balaban J connectivity index is 2.49. The summed E-state index contributed by atoms with van der Waals surface area (Å²) in [5.41, 5.74) is 3.28. The fourth-order valence-electron chi connectivity index (χ4n) is 1.16. The van der Waals surface area contributed by atoms with Crippen molar-refractivity contribution in [3.8, 4) is 11.6 Å². The first kappa shape index (κ1) is 9.47. The lowest BCUT2D eigenvalue weighted by Crippen LogP contribution is -2.10. The van der Waals surface area contributed by atoms with Gasteiger partial charge in [0.2, 0.25) is 0 Å². The quantitative estimate of drug-likeness (QED) is 0.545. The van der Waals surface area contributed by atoms with E-state index in [1.165, 1.54) is 0 Å². The van der Waals surface area contributed by atoms with Crippen molar-refractivity contribution in [1.29, 1.82) is 0 Å². The Morgan fingerprint density at radius 1 is 1.13 bits per heavy atom. The van der Waals surface area contributed by atoms with E-state index in [1.807, 2.05) is 6.92 Å². The molecular weight excluding hydrogens is 192 g/mol. The van der Waals surface area contributed by atoms with Crippen molar-refractivity contribution >= 4 is 5.82 Å². The summed E-state index contributed by atoms with van der Waals surface area (Å²) < 4.78 is 0. The summed E-state index contributed by atoms with van der Waals surface area (Å²) in [5, 5.41) is 0. The first-order chi connectivity index (χ1) is 7.29. The van der Waals surface area contributed by atoms with E-state index < -0.39 is 0 Å². The molecule has 0 aliphatic rings. The van der Waals surface area contributed by atoms with E-state index in [0.717, 1.165) is 5.69 Å². The van der Waals surface area contributed by atoms with Gasteiger partial charge in [0, 0.05) is 24.2 Å². The third-order valence-corrected chi connectivity index (χ3v) is 1.77. The maximum Gasteiger partial charge on any atom is 0.199 e. The molecule has 0 aliphatic carbocycles. The lowest BCUT2D eigenvalue weighted by atomic mass is 10.4. The van der Waals surface area contributed by atoms with Gasteiger partial charge in [0.15, 0.2) is 11.6 Å². The van der Waals surface area contributed by atoms with Crippen LogP contribution in [0.4, 0.5) is 5.82 Å². The van der Waals surface area contributed by atoms with E-state index in [-0.39, 0.29) is 0 Å². The van der Waals surface area contributed by atoms with Gasteiger partial charge < -0.3 is 5.43 Å². The summed E-state index contributed by atoms with van der Waals surface area (Å²) >= 11 is 0. The largest absolute Gasteiger partial charge is 0.308 e. The second kappa shape index (κ2) is 3.97. The van der Waals surface area contributed by atoms with Crippen molar-refractivity contribution < 1.29 is 0 Å². The second-order valence-corrected chi connectivity index (χ2v) is 2.93. The molecule has 2 heterocycles. The van der Waals surface area contributed by atoms with Crippen LogP contribution in [-0.2, 0) is 0 Å². The molecule has 0 amide bonds. The summed E-state index contributed by atoms with van der Waals surface area (Å²) in [5.74, 6) is 6.78. The summed E-state index contributed by atoms with van der Waals surface area (Å²) in [6.07, 6.45) is 3.28. The molecule has 6 heteroatoms. The molecule has 0 unspecified atom stereocenters. The number of nitrogens with zero attached hydrogens (tertiary/aromatic N) is 4. The lowest BCUT2D eigenvalue weighted by Gasteiger charge is -2.03. The first-order valence-electron chi connectivity index (χ1n) is 4.39. The summed E-state index contributed by atoms with van der Waals surface area (Å²) in [4.78, 5) is 16.5. The topological polar surface area (TPSA) is 89.6 Å². The maximum atomic E-state index is 5.28. The van der Waals surface area contributed by atoms with E-state index in [2.05, 4.69) is 25.4 Å². The van der Waals surface area contributed by atoms with Crippen molar-refractivity contribution in [2.75, 3.05) is 5.43 Å². The molecule has 0 aromatic carbocycles.